The van der Waals surface area contributed by atoms with E-state index in [4.69, 9.17) is 38.0 Å². The zero-order valence-electron chi connectivity index (χ0n) is 87.8. The number of fused-ring (bicyclic) bond motifs is 8. The summed E-state index contributed by atoms with van der Waals surface area (Å²) >= 11 is 0. The van der Waals surface area contributed by atoms with Gasteiger partial charge in [0, 0.05) is 89.4 Å². The number of benzene rings is 6. The van der Waals surface area contributed by atoms with Crippen LogP contribution in [0.15, 0.2) is 158 Å². The molecule has 0 fully saturated rings. The van der Waals surface area contributed by atoms with E-state index in [-0.39, 0.29) is 167 Å². The van der Waals surface area contributed by atoms with Crippen LogP contribution in [0, 0.1) is 0 Å². The fourth-order valence-electron chi connectivity index (χ4n) is 15.5. The second-order valence-electron chi connectivity index (χ2n) is 42.3. The Morgan fingerprint density at radius 2 is 0.725 bits per heavy atom. The fourth-order valence-corrected chi connectivity index (χ4v) is 20.2. The predicted octanol–water partition coefficient (Wildman–Crippen LogP) is 19.1. The average molecular weight is 2070 g/mol. The van der Waals surface area contributed by atoms with Crippen LogP contribution < -0.4 is 11.1 Å². The van der Waals surface area contributed by atoms with E-state index in [9.17, 15) is 57.2 Å². The van der Waals surface area contributed by atoms with Gasteiger partial charge in [0.2, 0.25) is 29.5 Å². The summed E-state index contributed by atoms with van der Waals surface area (Å²) in [6, 6.07) is 52.6. The summed E-state index contributed by atoms with van der Waals surface area (Å²) in [7, 11) is -0.423. The van der Waals surface area contributed by atoms with Gasteiger partial charge in [-0.05, 0) is 135 Å². The maximum absolute atomic E-state index is 13.9. The molecule has 142 heavy (non-hydrogen) atoms. The van der Waals surface area contributed by atoms with E-state index in [1.807, 2.05) is 125 Å². The first kappa shape index (κ1) is 117. The molecular formula is C104H153FN12O19P2Si4. The molecule has 0 spiro atoms. The number of carbonyl (C=O) groups is 10. The van der Waals surface area contributed by atoms with Gasteiger partial charge >= 0.3 is 164 Å². The summed E-state index contributed by atoms with van der Waals surface area (Å²) < 4.78 is 58.4. The minimum absolute atomic E-state index is 0.000912. The van der Waals surface area contributed by atoms with Crippen molar-refractivity contribution in [2.24, 2.45) is 5.73 Å². The number of carbonyl (C=O) groups excluding carboxylic acids is 8. The van der Waals surface area contributed by atoms with Crippen molar-refractivity contribution in [3.05, 3.63) is 191 Å². The van der Waals surface area contributed by atoms with Gasteiger partial charge < -0.3 is 67.9 Å². The molecule has 0 radical (unpaired) electrons. The number of ether oxygens (including phenoxy) is 2. The number of nitrogens with two attached hydrogens (primary N) is 1. The monoisotopic (exact) mass is 2070 g/mol. The van der Waals surface area contributed by atoms with Gasteiger partial charge in [-0.2, -0.15) is 0 Å². The van der Waals surface area contributed by atoms with Crippen LogP contribution in [0.4, 0.5) is 13.8 Å². The van der Waals surface area contributed by atoms with Crippen molar-refractivity contribution in [3.63, 3.8) is 0 Å². The molecule has 2 aliphatic carbocycles. The van der Waals surface area contributed by atoms with Crippen LogP contribution in [0.3, 0.4) is 0 Å². The van der Waals surface area contributed by atoms with Gasteiger partial charge in [0.1, 0.15) is 13.2 Å². The van der Waals surface area contributed by atoms with Crippen LogP contribution in [-0.4, -0.2) is 285 Å². The van der Waals surface area contributed by atoms with Gasteiger partial charge in [0.15, 0.2) is 33.3 Å². The Morgan fingerprint density at radius 3 is 1.04 bits per heavy atom. The molecule has 1 unspecified atom stereocenters. The summed E-state index contributed by atoms with van der Waals surface area (Å²) in [5.41, 5.74) is 18.4. The summed E-state index contributed by atoms with van der Waals surface area (Å²) in [6.45, 7) is 45.1. The fraction of sp³-hybridized carbons (Fsp3) is 0.519. The molecule has 0 bridgehead atoms. The Bertz CT molecular complexity index is 5670. The summed E-state index contributed by atoms with van der Waals surface area (Å²) in [6.07, 6.45) is -1.33. The molecule has 38 heteroatoms. The molecular weight excluding hydrogens is 1910 g/mol. The number of aromatic nitrogens is 2. The molecule has 8 aromatic rings. The van der Waals surface area contributed by atoms with E-state index in [1.165, 1.54) is 40.7 Å². The number of amides is 7. The van der Waals surface area contributed by atoms with Crippen LogP contribution in [0.1, 0.15) is 154 Å². The number of hydrogen-bond acceptors (Lipinski definition) is 20. The number of hydrogen-bond donors (Lipinski definition) is 4. The number of carboxylic acid groups (broad SMARTS) is 2. The third kappa shape index (κ3) is 32.7. The molecule has 1 atom stereocenters. The number of para-hydroxylation sites is 2. The standard InChI is InChI=1S/C52H76N6O9Si2.C29H28FN3O4P2.C23H49N3O6Si2/c1-51(2,3)68(9,10)66-31-29-56(27-26-49(62)63)48(61)36-57(30-32-67-69(11,12)52(4,5)6)47(60)34-53-46(59)25-28-58-39(33-38-19-13-18-24-45(38)58)35-54(7)55(8)50(64)65-37-44-42-22-16-14-20-40(42)41-21-15-17-23-43(41)44;1-31(18-21-17-20-9-3-8-14-27(20)33(21)16-15-28(34)37-39(30)38)32(2)29(35)36-19-26-24-12-6-4-10-22(24)23-11-5-7-13-25(23)26;1-22(2,3)33(7,8)31-15-13-25(12-11-21(29)30)20(28)18-26(19(27)17-24)14-16-32-34(9,10)23(4,5)6/h13-24,33,44H,25-32,34-37H2,1-12H3,(H,53,59)(H,62,63);3-14,17,26H,15-16,18-19H2,1-2H3;11-18,24H2,1-10H3,(H,29,30). The Hall–Kier alpha value is -10.1. The molecule has 10 rings (SSSR count). The molecule has 7 amide bonds. The van der Waals surface area contributed by atoms with Gasteiger partial charge in [-0.15, -0.1) is 0 Å². The number of carboxylic acids is 2. The molecule has 6 aromatic carbocycles. The first-order valence-electron chi connectivity index (χ1n) is 48.6. The third-order valence-corrected chi connectivity index (χ3v) is 47.2. The Balaban J connectivity index is 0.000000285. The zero-order chi connectivity index (χ0) is 105. The van der Waals surface area contributed by atoms with Gasteiger partial charge in [-0.25, -0.2) is 14.8 Å². The van der Waals surface area contributed by atoms with E-state index < -0.39 is 82.7 Å². The number of rotatable bonds is 45. The molecule has 2 heterocycles. The Kier molecular flexibility index (Phi) is 42.6. The van der Waals surface area contributed by atoms with Crippen LogP contribution in [-0.2, 0) is 96.2 Å². The topological polar surface area (TPSA) is 350 Å². The number of aryl methyl sites for hydroxylation is 2. The first-order valence-corrected chi connectivity index (χ1v) is 62.5. The van der Waals surface area contributed by atoms with Crippen molar-refractivity contribution in [2.75, 3.05) is 133 Å². The van der Waals surface area contributed by atoms with Gasteiger partial charge in [0.05, 0.1) is 72.0 Å². The molecule has 31 nitrogen and oxygen atoms in total. The van der Waals surface area contributed by atoms with Crippen molar-refractivity contribution in [2.45, 2.75) is 219 Å². The number of aliphatic carboxylic acids is 2. The van der Waals surface area contributed by atoms with E-state index >= 15 is 0 Å². The van der Waals surface area contributed by atoms with E-state index in [2.05, 4.69) is 202 Å². The Morgan fingerprint density at radius 1 is 0.423 bits per heavy atom. The van der Waals surface area contributed by atoms with E-state index in [0.29, 0.717) is 39.4 Å². The second kappa shape index (κ2) is 51.6. The summed E-state index contributed by atoms with van der Waals surface area (Å²) in [4.78, 5) is 134. The number of nitrogens with zero attached hydrogens (tertiary/aromatic N) is 10. The second-order valence-corrected chi connectivity index (χ2v) is 63.1. The van der Waals surface area contributed by atoms with Crippen molar-refractivity contribution >= 4 is 131 Å². The van der Waals surface area contributed by atoms with Crippen LogP contribution in [0.25, 0.3) is 44.1 Å². The molecule has 2 aromatic heterocycles. The number of halogens is 1. The van der Waals surface area contributed by atoms with Crippen molar-refractivity contribution in [1.82, 2.24) is 54.1 Å². The normalized spacial score (nSPS) is 12.9. The summed E-state index contributed by atoms with van der Waals surface area (Å²) in [5.74, 6) is -4.66. The van der Waals surface area contributed by atoms with Crippen molar-refractivity contribution in [1.29, 1.82) is 0 Å². The van der Waals surface area contributed by atoms with Crippen molar-refractivity contribution < 1.29 is 94.1 Å². The minimum atomic E-state index is -2.55. The third-order valence-electron chi connectivity index (χ3n) is 28.5. The smallest absolute Gasteiger partial charge is 0.0619 e. The van der Waals surface area contributed by atoms with Gasteiger partial charge in [0.25, 0.3) is 0 Å². The molecule has 2 aliphatic rings. The van der Waals surface area contributed by atoms with E-state index in [1.54, 1.807) is 31.2 Å². The number of hydrazine groups is 2. The van der Waals surface area contributed by atoms with Gasteiger partial charge in [-0.1, -0.05) is 198 Å². The molecule has 776 valence electrons. The molecule has 0 saturated carbocycles. The van der Waals surface area contributed by atoms with Crippen LogP contribution in [0.5, 0.6) is 0 Å². The Labute approximate surface area is 845 Å². The summed E-state index contributed by atoms with van der Waals surface area (Å²) in [5, 5.41) is 29.7. The molecule has 5 N–H and O–H groups in total. The van der Waals surface area contributed by atoms with Crippen molar-refractivity contribution in [3.8, 4) is 22.3 Å². The van der Waals surface area contributed by atoms with E-state index in [0.717, 1.165) is 66.6 Å². The maximum atomic E-state index is 13.9. The molecule has 0 aliphatic heterocycles. The first-order chi connectivity index (χ1) is 66.4. The average Bonchev–Trinajstić information content (AvgIpc) is 1.61. The van der Waals surface area contributed by atoms with Gasteiger partial charge in [-0.3, -0.25) is 33.6 Å². The van der Waals surface area contributed by atoms with Crippen LogP contribution >= 0.6 is 15.9 Å². The quantitative estimate of drug-likeness (QED) is 0.0156. The van der Waals surface area contributed by atoms with Crippen LogP contribution in [0.2, 0.25) is 72.5 Å². The minimum Gasteiger partial charge on any atom is -0.0619 e. The SMILES string of the molecule is CC(C)(C)[Si](C)(C)OCCN(CCC(=O)O)C(=O)CN(CCO[Si](C)(C)C(C)(C)C)C(=O)CN.CN(Cc1cc2ccccc2n1CCC(=O)NCC(=O)N(CCO[Si](C)(C)C(C)(C)C)CC(=O)N(CCO[Si](C)(C)C(C)(C)C)CCC(=O)O)N(C)C(=O)OCC1c2ccccc2-c2ccccc21.CN(Cc1cc2ccccc2n1CCC(=O)OP(F)#P)N(C)C(=O)OCC1c2ccccc2-c2ccccc21. The molecule has 0 saturated heterocycles. The zero-order valence-corrected chi connectivity index (χ0v) is 93.6. The predicted molar refractivity (Wildman–Crippen MR) is 568 cm³/mol. The number of nitrogens with one attached hydrogen (secondary N) is 1.